The first-order valence-corrected chi connectivity index (χ1v) is 7.77. The largest absolute Gasteiger partial charge is 0.494 e. The van der Waals surface area contributed by atoms with Crippen LogP contribution >= 0.6 is 0 Å². The molecule has 0 radical (unpaired) electrons. The maximum Gasteiger partial charge on any atom is 0.346 e. The predicted octanol–water partition coefficient (Wildman–Crippen LogP) is 2.02. The molecular formula is C17H23N2O4+. The van der Waals surface area contributed by atoms with Crippen molar-refractivity contribution in [2.24, 2.45) is 0 Å². The van der Waals surface area contributed by atoms with E-state index < -0.39 is 12.1 Å². The highest BCUT2D eigenvalue weighted by Gasteiger charge is 2.21. The summed E-state index contributed by atoms with van der Waals surface area (Å²) >= 11 is 0. The summed E-state index contributed by atoms with van der Waals surface area (Å²) in [6.45, 7) is 6.54. The zero-order chi connectivity index (χ0) is 16.8. The molecule has 2 aromatic rings. The second-order valence-electron chi connectivity index (χ2n) is 5.17. The standard InChI is InChI=1S/C17H22N2O4/c1-4-22-12-6-7-15-13(8-12)16(19-9-11(3)20)14(10-18-15)17(21)23-5-2/h6-8,10-11,20H,4-5,9H2,1-3H3,(H,18,19)/p+1/t11-/m1/s1. The number of fused-ring (bicyclic) bond motifs is 1. The van der Waals surface area contributed by atoms with Crippen LogP contribution in [0.2, 0.25) is 0 Å². The van der Waals surface area contributed by atoms with Crippen LogP contribution in [0.1, 0.15) is 31.1 Å². The third-order valence-corrected chi connectivity index (χ3v) is 3.28. The normalized spacial score (nSPS) is 12.0. The van der Waals surface area contributed by atoms with E-state index in [1.54, 1.807) is 20.0 Å². The fourth-order valence-electron chi connectivity index (χ4n) is 2.29. The molecule has 23 heavy (non-hydrogen) atoms. The summed E-state index contributed by atoms with van der Waals surface area (Å²) in [7, 11) is 0. The molecule has 0 saturated heterocycles. The van der Waals surface area contributed by atoms with Gasteiger partial charge < -0.3 is 19.9 Å². The first-order chi connectivity index (χ1) is 11.1. The third-order valence-electron chi connectivity index (χ3n) is 3.28. The second kappa shape index (κ2) is 7.78. The van der Waals surface area contributed by atoms with Crippen LogP contribution in [0, 0.1) is 0 Å². The van der Waals surface area contributed by atoms with Crippen LogP contribution in [0.4, 0.5) is 5.69 Å². The number of hydrogen-bond acceptors (Lipinski definition) is 5. The maximum absolute atomic E-state index is 12.2. The minimum absolute atomic E-state index is 0.297. The van der Waals surface area contributed by atoms with Crippen molar-refractivity contribution in [3.63, 3.8) is 0 Å². The summed E-state index contributed by atoms with van der Waals surface area (Å²) in [6.07, 6.45) is 1.07. The number of carbonyl (C=O) groups excluding carboxylic acids is 1. The number of aliphatic hydroxyl groups excluding tert-OH is 1. The van der Waals surface area contributed by atoms with E-state index in [1.165, 1.54) is 0 Å². The molecule has 0 aliphatic rings. The summed E-state index contributed by atoms with van der Waals surface area (Å²) in [4.78, 5) is 15.3. The second-order valence-corrected chi connectivity index (χ2v) is 5.17. The van der Waals surface area contributed by atoms with Gasteiger partial charge in [-0.2, -0.15) is 0 Å². The van der Waals surface area contributed by atoms with Crippen LogP contribution in [0.3, 0.4) is 0 Å². The molecule has 0 spiro atoms. The fraction of sp³-hybridized carbons (Fsp3) is 0.412. The van der Waals surface area contributed by atoms with Crippen molar-refractivity contribution < 1.29 is 24.4 Å². The van der Waals surface area contributed by atoms with Crippen molar-refractivity contribution in [1.82, 2.24) is 0 Å². The number of aromatic amines is 1. The Labute approximate surface area is 135 Å². The van der Waals surface area contributed by atoms with Gasteiger partial charge in [0.2, 0.25) is 5.52 Å². The highest BCUT2D eigenvalue weighted by molar-refractivity contribution is 6.04. The van der Waals surface area contributed by atoms with Crippen molar-refractivity contribution >= 4 is 22.6 Å². The quantitative estimate of drug-likeness (QED) is 0.763. The molecule has 124 valence electrons. The van der Waals surface area contributed by atoms with Gasteiger partial charge in [-0.25, -0.2) is 9.78 Å². The Morgan fingerprint density at radius 3 is 2.78 bits per heavy atom. The lowest BCUT2D eigenvalue weighted by Gasteiger charge is -2.13. The first kappa shape index (κ1) is 17.0. The van der Waals surface area contributed by atoms with Crippen LogP contribution in [0.25, 0.3) is 10.9 Å². The number of ether oxygens (including phenoxy) is 2. The van der Waals surface area contributed by atoms with Crippen molar-refractivity contribution in [2.75, 3.05) is 25.1 Å². The Balaban J connectivity index is 2.55. The monoisotopic (exact) mass is 319 g/mol. The molecule has 3 N–H and O–H groups in total. The van der Waals surface area contributed by atoms with Crippen molar-refractivity contribution in [3.8, 4) is 5.75 Å². The molecule has 1 heterocycles. The zero-order valence-electron chi connectivity index (χ0n) is 13.7. The Morgan fingerprint density at radius 1 is 1.35 bits per heavy atom. The summed E-state index contributed by atoms with van der Waals surface area (Å²) in [5, 5.41) is 13.5. The van der Waals surface area contributed by atoms with Gasteiger partial charge in [-0.15, -0.1) is 0 Å². The number of pyridine rings is 1. The molecule has 0 bridgehead atoms. The molecule has 1 atom stereocenters. The predicted molar refractivity (Wildman–Crippen MR) is 87.8 cm³/mol. The van der Waals surface area contributed by atoms with E-state index in [0.29, 0.717) is 31.0 Å². The summed E-state index contributed by atoms with van der Waals surface area (Å²) < 4.78 is 10.6. The van der Waals surface area contributed by atoms with Gasteiger partial charge in [0.1, 0.15) is 11.3 Å². The van der Waals surface area contributed by atoms with E-state index in [4.69, 9.17) is 9.47 Å². The third kappa shape index (κ3) is 4.10. The smallest absolute Gasteiger partial charge is 0.346 e. The Bertz CT molecular complexity index is 686. The lowest BCUT2D eigenvalue weighted by atomic mass is 10.1. The molecule has 6 nitrogen and oxygen atoms in total. The Kier molecular flexibility index (Phi) is 5.76. The number of carbonyl (C=O) groups is 1. The number of benzene rings is 1. The van der Waals surface area contributed by atoms with Crippen LogP contribution in [-0.2, 0) is 4.74 Å². The van der Waals surface area contributed by atoms with Gasteiger partial charge in [0.25, 0.3) is 0 Å². The Hall–Kier alpha value is -2.34. The lowest BCUT2D eigenvalue weighted by molar-refractivity contribution is -0.344. The van der Waals surface area contributed by atoms with Gasteiger partial charge in [-0.05, 0) is 32.9 Å². The molecule has 0 unspecified atom stereocenters. The number of rotatable bonds is 7. The maximum atomic E-state index is 12.2. The average Bonchev–Trinajstić information content (AvgIpc) is 2.52. The van der Waals surface area contributed by atoms with Gasteiger partial charge in [-0.3, -0.25) is 0 Å². The molecule has 0 saturated carbocycles. The minimum Gasteiger partial charge on any atom is -0.494 e. The van der Waals surface area contributed by atoms with Crippen molar-refractivity contribution in [1.29, 1.82) is 0 Å². The highest BCUT2D eigenvalue weighted by Crippen LogP contribution is 2.28. The van der Waals surface area contributed by atoms with Gasteiger partial charge >= 0.3 is 5.97 Å². The number of esters is 1. The summed E-state index contributed by atoms with van der Waals surface area (Å²) in [5.41, 5.74) is 1.88. The minimum atomic E-state index is -0.542. The number of nitrogens with one attached hydrogen (secondary N) is 2. The molecular weight excluding hydrogens is 296 g/mol. The first-order valence-electron chi connectivity index (χ1n) is 7.77. The highest BCUT2D eigenvalue weighted by atomic mass is 16.5. The van der Waals surface area contributed by atoms with Crippen LogP contribution in [0.5, 0.6) is 5.75 Å². The van der Waals surface area contributed by atoms with E-state index in [0.717, 1.165) is 16.7 Å². The summed E-state index contributed by atoms with van der Waals surface area (Å²) in [6, 6.07) is 5.62. The zero-order valence-corrected chi connectivity index (χ0v) is 13.7. The number of aromatic nitrogens is 1. The molecule has 6 heteroatoms. The van der Waals surface area contributed by atoms with Gasteiger partial charge in [-0.1, -0.05) is 0 Å². The van der Waals surface area contributed by atoms with Crippen molar-refractivity contribution in [2.45, 2.75) is 26.9 Å². The van der Waals surface area contributed by atoms with E-state index in [9.17, 15) is 9.90 Å². The molecule has 1 aromatic carbocycles. The average molecular weight is 319 g/mol. The van der Waals surface area contributed by atoms with Gasteiger partial charge in [0, 0.05) is 12.6 Å². The van der Waals surface area contributed by atoms with E-state index in [-0.39, 0.29) is 0 Å². The SMILES string of the molecule is CCOC(=O)c1c[nH+]c2ccc(OCC)cc2c1NC[C@@H](C)O. The topological polar surface area (TPSA) is 81.9 Å². The van der Waals surface area contributed by atoms with E-state index >= 15 is 0 Å². The van der Waals surface area contributed by atoms with Crippen molar-refractivity contribution in [3.05, 3.63) is 30.0 Å². The number of H-pyrrole nitrogens is 1. The number of hydrogen-bond donors (Lipinski definition) is 2. The lowest BCUT2D eigenvalue weighted by Crippen LogP contribution is -2.20. The number of aliphatic hydroxyl groups is 1. The van der Waals surface area contributed by atoms with Crippen LogP contribution < -0.4 is 15.0 Å². The van der Waals surface area contributed by atoms with Gasteiger partial charge in [0.05, 0.1) is 30.4 Å². The number of anilines is 1. The molecule has 0 aliphatic heterocycles. The molecule has 0 amide bonds. The Morgan fingerprint density at radius 2 is 2.13 bits per heavy atom. The van der Waals surface area contributed by atoms with E-state index in [2.05, 4.69) is 10.3 Å². The van der Waals surface area contributed by atoms with E-state index in [1.807, 2.05) is 25.1 Å². The fourth-order valence-corrected chi connectivity index (χ4v) is 2.29. The molecule has 0 aliphatic carbocycles. The summed E-state index contributed by atoms with van der Waals surface area (Å²) in [5.74, 6) is 0.301. The van der Waals surface area contributed by atoms with Crippen LogP contribution in [0.15, 0.2) is 24.4 Å². The molecule has 2 rings (SSSR count). The molecule has 0 fully saturated rings. The molecule has 1 aromatic heterocycles. The van der Waals surface area contributed by atoms with Gasteiger partial charge in [0.15, 0.2) is 6.20 Å². The van der Waals surface area contributed by atoms with Crippen LogP contribution in [-0.4, -0.2) is 36.9 Å².